The Morgan fingerprint density at radius 3 is 2.38 bits per heavy atom. The fraction of sp³-hybridized carbons (Fsp3) is 0.824. The molecule has 122 valence electrons. The number of hydrogen-bond donors (Lipinski definition) is 1. The van der Waals surface area contributed by atoms with Crippen molar-refractivity contribution in [1.29, 1.82) is 0 Å². The second-order valence-electron chi connectivity index (χ2n) is 6.96. The van der Waals surface area contributed by atoms with E-state index in [9.17, 15) is 0 Å². The van der Waals surface area contributed by atoms with Crippen molar-refractivity contribution in [3.63, 3.8) is 0 Å². The third-order valence-corrected chi connectivity index (χ3v) is 5.12. The van der Waals surface area contributed by atoms with Crippen molar-refractivity contribution >= 4 is 11.3 Å². The Balaban J connectivity index is 2.88. The zero-order valence-electron chi connectivity index (χ0n) is 14.7. The van der Waals surface area contributed by atoms with E-state index < -0.39 is 0 Å². The maximum absolute atomic E-state index is 5.81. The van der Waals surface area contributed by atoms with Gasteiger partial charge in [-0.15, -0.1) is 11.3 Å². The largest absolute Gasteiger partial charge is 0.377 e. The normalized spacial score (nSPS) is 16.7. The first-order valence-corrected chi connectivity index (χ1v) is 8.88. The lowest BCUT2D eigenvalue weighted by Gasteiger charge is -2.36. The number of aromatic nitrogens is 1. The van der Waals surface area contributed by atoms with Crippen molar-refractivity contribution < 1.29 is 4.74 Å². The fourth-order valence-electron chi connectivity index (χ4n) is 2.28. The van der Waals surface area contributed by atoms with Crippen LogP contribution in [-0.2, 0) is 16.6 Å². The maximum atomic E-state index is 5.81. The molecule has 0 spiro atoms. The summed E-state index contributed by atoms with van der Waals surface area (Å²) in [5.74, 6) is 0. The van der Waals surface area contributed by atoms with E-state index >= 15 is 0 Å². The summed E-state index contributed by atoms with van der Waals surface area (Å²) in [4.78, 5) is 4.83. The van der Waals surface area contributed by atoms with Gasteiger partial charge in [0.15, 0.2) is 0 Å². The molecule has 1 aromatic rings. The molecule has 1 rings (SSSR count). The van der Waals surface area contributed by atoms with Gasteiger partial charge < -0.3 is 10.1 Å². The van der Waals surface area contributed by atoms with Crippen LogP contribution in [0.2, 0.25) is 0 Å². The number of hydrogen-bond acceptors (Lipinski definition) is 4. The Bertz CT molecular complexity index is 419. The SMILES string of the molecule is CCCNC(Cc1nc(C(C)(C)C)cs1)C(C)(CC)OC. The number of nitrogens with zero attached hydrogens (tertiary/aromatic N) is 1. The monoisotopic (exact) mass is 312 g/mol. The molecule has 0 aromatic carbocycles. The van der Waals surface area contributed by atoms with Gasteiger partial charge in [-0.25, -0.2) is 4.98 Å². The Morgan fingerprint density at radius 2 is 1.95 bits per heavy atom. The smallest absolute Gasteiger partial charge is 0.0945 e. The average Bonchev–Trinajstić information content (AvgIpc) is 2.91. The molecule has 0 fully saturated rings. The van der Waals surface area contributed by atoms with Crippen LogP contribution >= 0.6 is 11.3 Å². The Hall–Kier alpha value is -0.450. The quantitative estimate of drug-likeness (QED) is 0.782. The Labute approximate surface area is 134 Å². The van der Waals surface area contributed by atoms with Gasteiger partial charge >= 0.3 is 0 Å². The molecule has 2 atom stereocenters. The van der Waals surface area contributed by atoms with Crippen molar-refractivity contribution in [2.45, 2.75) is 77.9 Å². The third kappa shape index (κ3) is 5.04. The molecule has 0 aliphatic carbocycles. The molecule has 1 N–H and O–H groups in total. The number of methoxy groups -OCH3 is 1. The standard InChI is InChI=1S/C17H32N2OS/c1-8-10-18-13(17(6,9-2)20-7)11-15-19-14(12-21-15)16(3,4)5/h12-13,18H,8-11H2,1-7H3. The molecule has 0 saturated carbocycles. The van der Waals surface area contributed by atoms with E-state index in [1.54, 1.807) is 11.3 Å². The predicted molar refractivity (Wildman–Crippen MR) is 92.3 cm³/mol. The zero-order chi connectivity index (χ0) is 16.1. The Kier molecular flexibility index (Phi) is 6.82. The highest BCUT2D eigenvalue weighted by Gasteiger charge is 2.33. The van der Waals surface area contributed by atoms with Gasteiger partial charge in [-0.1, -0.05) is 34.6 Å². The third-order valence-electron chi connectivity index (χ3n) is 4.25. The second kappa shape index (κ2) is 7.70. The van der Waals surface area contributed by atoms with Gasteiger partial charge in [-0.05, 0) is 26.3 Å². The molecule has 4 heteroatoms. The molecule has 1 aromatic heterocycles. The number of thiazole rings is 1. The first-order chi connectivity index (χ1) is 9.76. The first kappa shape index (κ1) is 18.6. The minimum atomic E-state index is -0.150. The van der Waals surface area contributed by atoms with Gasteiger partial charge in [0.25, 0.3) is 0 Å². The molecule has 0 saturated heterocycles. The minimum Gasteiger partial charge on any atom is -0.377 e. The van der Waals surface area contributed by atoms with Crippen molar-refractivity contribution in [3.05, 3.63) is 16.1 Å². The van der Waals surface area contributed by atoms with Gasteiger partial charge in [0.2, 0.25) is 0 Å². The highest BCUT2D eigenvalue weighted by atomic mass is 32.1. The zero-order valence-corrected chi connectivity index (χ0v) is 15.6. The molecule has 1 heterocycles. The van der Waals surface area contributed by atoms with Gasteiger partial charge in [0.1, 0.15) is 0 Å². The molecule has 0 radical (unpaired) electrons. The van der Waals surface area contributed by atoms with Crippen molar-refractivity contribution in [3.8, 4) is 0 Å². The summed E-state index contributed by atoms with van der Waals surface area (Å²) >= 11 is 1.77. The van der Waals surface area contributed by atoms with Gasteiger partial charge in [-0.2, -0.15) is 0 Å². The fourth-order valence-corrected chi connectivity index (χ4v) is 3.35. The summed E-state index contributed by atoms with van der Waals surface area (Å²) < 4.78 is 5.81. The van der Waals surface area contributed by atoms with Crippen LogP contribution in [0, 0.1) is 0 Å². The molecular formula is C17H32N2OS. The summed E-state index contributed by atoms with van der Waals surface area (Å²) in [6.45, 7) is 14.2. The van der Waals surface area contributed by atoms with E-state index in [-0.39, 0.29) is 11.0 Å². The highest BCUT2D eigenvalue weighted by Crippen LogP contribution is 2.27. The lowest BCUT2D eigenvalue weighted by molar-refractivity contribution is -0.0287. The average molecular weight is 313 g/mol. The molecule has 21 heavy (non-hydrogen) atoms. The number of ether oxygens (including phenoxy) is 1. The van der Waals surface area contributed by atoms with Crippen molar-refractivity contribution in [1.82, 2.24) is 10.3 Å². The molecule has 0 aliphatic heterocycles. The maximum Gasteiger partial charge on any atom is 0.0945 e. The van der Waals surface area contributed by atoms with Crippen molar-refractivity contribution in [2.75, 3.05) is 13.7 Å². The summed E-state index contributed by atoms with van der Waals surface area (Å²) in [6.07, 6.45) is 3.05. The van der Waals surface area contributed by atoms with Gasteiger partial charge in [0, 0.05) is 30.4 Å². The summed E-state index contributed by atoms with van der Waals surface area (Å²) in [6, 6.07) is 0.298. The van der Waals surface area contributed by atoms with Crippen LogP contribution in [0.15, 0.2) is 5.38 Å². The van der Waals surface area contributed by atoms with E-state index in [1.807, 2.05) is 7.11 Å². The molecule has 0 bridgehead atoms. The Morgan fingerprint density at radius 1 is 1.29 bits per heavy atom. The van der Waals surface area contributed by atoms with Gasteiger partial charge in [0.05, 0.1) is 16.3 Å². The van der Waals surface area contributed by atoms with Crippen LogP contribution in [-0.4, -0.2) is 30.3 Å². The molecule has 2 unspecified atom stereocenters. The van der Waals surface area contributed by atoms with Crippen LogP contribution in [0.1, 0.15) is 65.1 Å². The summed E-state index contributed by atoms with van der Waals surface area (Å²) in [5.41, 5.74) is 1.16. The lowest BCUT2D eigenvalue weighted by Crippen LogP contribution is -2.51. The predicted octanol–water partition coefficient (Wildman–Crippen LogP) is 4.17. The highest BCUT2D eigenvalue weighted by molar-refractivity contribution is 7.09. The van der Waals surface area contributed by atoms with E-state index in [0.29, 0.717) is 6.04 Å². The van der Waals surface area contributed by atoms with E-state index in [1.165, 1.54) is 10.7 Å². The van der Waals surface area contributed by atoms with E-state index in [0.717, 1.165) is 25.8 Å². The minimum absolute atomic E-state index is 0.121. The van der Waals surface area contributed by atoms with E-state index in [2.05, 4.69) is 52.2 Å². The number of nitrogens with one attached hydrogen (secondary N) is 1. The summed E-state index contributed by atoms with van der Waals surface area (Å²) in [7, 11) is 1.81. The number of rotatable bonds is 8. The topological polar surface area (TPSA) is 34.2 Å². The molecular weight excluding hydrogens is 280 g/mol. The molecule has 0 amide bonds. The lowest BCUT2D eigenvalue weighted by atomic mass is 9.90. The van der Waals surface area contributed by atoms with Crippen LogP contribution in [0.4, 0.5) is 0 Å². The first-order valence-electron chi connectivity index (χ1n) is 8.00. The summed E-state index contributed by atoms with van der Waals surface area (Å²) in [5, 5.41) is 7.05. The van der Waals surface area contributed by atoms with Crippen LogP contribution in [0.5, 0.6) is 0 Å². The van der Waals surface area contributed by atoms with E-state index in [4.69, 9.17) is 9.72 Å². The molecule has 3 nitrogen and oxygen atoms in total. The van der Waals surface area contributed by atoms with Crippen molar-refractivity contribution in [2.24, 2.45) is 0 Å². The van der Waals surface area contributed by atoms with Crippen LogP contribution in [0.25, 0.3) is 0 Å². The van der Waals surface area contributed by atoms with Crippen LogP contribution < -0.4 is 5.32 Å². The van der Waals surface area contributed by atoms with Crippen LogP contribution in [0.3, 0.4) is 0 Å². The molecule has 0 aliphatic rings. The second-order valence-corrected chi connectivity index (χ2v) is 7.90. The van der Waals surface area contributed by atoms with Gasteiger partial charge in [-0.3, -0.25) is 0 Å².